The van der Waals surface area contributed by atoms with Crippen molar-refractivity contribution in [3.8, 4) is 11.5 Å². The summed E-state index contributed by atoms with van der Waals surface area (Å²) in [5, 5.41) is 6.71. The fraction of sp³-hybridized carbons (Fsp3) is 0.316. The van der Waals surface area contributed by atoms with Crippen LogP contribution in [0.1, 0.15) is 29.5 Å². The topological polar surface area (TPSA) is 102 Å². The average molecular weight is 373 g/mol. The Morgan fingerprint density at radius 3 is 2.59 bits per heavy atom. The molecule has 0 bridgehead atoms. The first-order valence-electron chi connectivity index (χ1n) is 8.38. The monoisotopic (exact) mass is 373 g/mol. The molecule has 2 N–H and O–H groups in total. The van der Waals surface area contributed by atoms with Gasteiger partial charge in [0.15, 0.2) is 17.3 Å². The van der Waals surface area contributed by atoms with Crippen LogP contribution in [-0.4, -0.2) is 38.3 Å². The van der Waals surface area contributed by atoms with E-state index < -0.39 is 5.91 Å². The molecule has 2 amide bonds. The molecule has 0 aliphatic heterocycles. The summed E-state index contributed by atoms with van der Waals surface area (Å²) in [7, 11) is 3.16. The van der Waals surface area contributed by atoms with Gasteiger partial charge >= 0.3 is 5.91 Å². The van der Waals surface area contributed by atoms with Crippen LogP contribution in [0.15, 0.2) is 46.1 Å². The van der Waals surface area contributed by atoms with Gasteiger partial charge in [0.25, 0.3) is 0 Å². The van der Waals surface area contributed by atoms with E-state index >= 15 is 0 Å². The number of carbonyl (C=O) groups excluding carboxylic acids is 2. The summed E-state index contributed by atoms with van der Waals surface area (Å²) >= 11 is 0. The number of rotatable bonds is 9. The van der Waals surface area contributed by atoms with Gasteiger partial charge in [0.2, 0.25) is 5.91 Å². The van der Waals surface area contributed by atoms with Crippen molar-refractivity contribution in [2.75, 3.05) is 20.8 Å². The molecule has 2 rings (SSSR count). The second-order valence-corrected chi connectivity index (χ2v) is 5.73. The van der Waals surface area contributed by atoms with Crippen molar-refractivity contribution in [3.05, 3.63) is 47.9 Å². The van der Waals surface area contributed by atoms with Crippen LogP contribution < -0.4 is 20.2 Å². The van der Waals surface area contributed by atoms with Gasteiger partial charge in [0, 0.05) is 12.3 Å². The maximum atomic E-state index is 12.0. The minimum absolute atomic E-state index is 0.0877. The second kappa shape index (κ2) is 10.0. The van der Waals surface area contributed by atoms with Crippen molar-refractivity contribution in [2.24, 2.45) is 5.10 Å². The SMILES string of the molecule is COc1ccc(CCNC(=O)CC(C)=NNC(=O)c2ccco2)cc1OC. The van der Waals surface area contributed by atoms with Gasteiger partial charge in [-0.1, -0.05) is 6.07 Å². The number of methoxy groups -OCH3 is 2. The molecule has 1 aromatic carbocycles. The number of hydrogen-bond donors (Lipinski definition) is 2. The fourth-order valence-corrected chi connectivity index (χ4v) is 2.33. The van der Waals surface area contributed by atoms with Crippen LogP contribution in [0, 0.1) is 0 Å². The fourth-order valence-electron chi connectivity index (χ4n) is 2.33. The summed E-state index contributed by atoms with van der Waals surface area (Å²) in [4.78, 5) is 23.7. The Balaban J connectivity index is 1.75. The van der Waals surface area contributed by atoms with E-state index in [1.54, 1.807) is 27.2 Å². The van der Waals surface area contributed by atoms with E-state index in [2.05, 4.69) is 15.8 Å². The van der Waals surface area contributed by atoms with Crippen LogP contribution >= 0.6 is 0 Å². The molecule has 0 aliphatic rings. The Kier molecular flexibility index (Phi) is 7.42. The first kappa shape index (κ1) is 20.0. The molecule has 8 nitrogen and oxygen atoms in total. The van der Waals surface area contributed by atoms with E-state index in [1.807, 2.05) is 18.2 Å². The van der Waals surface area contributed by atoms with Gasteiger partial charge in [-0.25, -0.2) is 5.43 Å². The summed E-state index contributed by atoms with van der Waals surface area (Å²) in [5.41, 5.74) is 3.85. The number of benzene rings is 1. The molecule has 0 aliphatic carbocycles. The zero-order valence-corrected chi connectivity index (χ0v) is 15.6. The molecule has 0 radical (unpaired) electrons. The molecule has 0 spiro atoms. The molecular weight excluding hydrogens is 350 g/mol. The lowest BCUT2D eigenvalue weighted by Gasteiger charge is -2.10. The third kappa shape index (κ3) is 6.18. The molecule has 0 unspecified atom stereocenters. The zero-order valence-electron chi connectivity index (χ0n) is 15.6. The van der Waals surface area contributed by atoms with Crippen LogP contribution in [0.5, 0.6) is 11.5 Å². The Morgan fingerprint density at radius 2 is 1.93 bits per heavy atom. The predicted octanol–water partition coefficient (Wildman–Crippen LogP) is 2.15. The number of hydrazone groups is 1. The smallest absolute Gasteiger partial charge is 0.307 e. The third-order valence-corrected chi connectivity index (χ3v) is 3.69. The molecule has 2 aromatic rings. The number of amides is 2. The molecule has 27 heavy (non-hydrogen) atoms. The zero-order chi connectivity index (χ0) is 19.6. The first-order valence-corrected chi connectivity index (χ1v) is 8.38. The summed E-state index contributed by atoms with van der Waals surface area (Å²) < 4.78 is 15.4. The van der Waals surface area contributed by atoms with Gasteiger partial charge in [-0.05, 0) is 43.2 Å². The molecule has 1 heterocycles. The van der Waals surface area contributed by atoms with E-state index in [4.69, 9.17) is 13.9 Å². The van der Waals surface area contributed by atoms with Gasteiger partial charge in [-0.3, -0.25) is 9.59 Å². The minimum atomic E-state index is -0.465. The highest BCUT2D eigenvalue weighted by Crippen LogP contribution is 2.27. The van der Waals surface area contributed by atoms with Crippen LogP contribution in [0.2, 0.25) is 0 Å². The first-order chi connectivity index (χ1) is 13.0. The molecule has 0 saturated heterocycles. The molecule has 1 aromatic heterocycles. The normalized spacial score (nSPS) is 11.0. The van der Waals surface area contributed by atoms with Gasteiger partial charge in [0.05, 0.1) is 26.9 Å². The van der Waals surface area contributed by atoms with Crippen LogP contribution in [0.4, 0.5) is 0 Å². The Bertz CT molecular complexity index is 800. The number of furan rings is 1. The van der Waals surface area contributed by atoms with E-state index in [0.29, 0.717) is 30.2 Å². The summed E-state index contributed by atoms with van der Waals surface area (Å²) in [6, 6.07) is 8.76. The number of carbonyl (C=O) groups is 2. The predicted molar refractivity (Wildman–Crippen MR) is 100 cm³/mol. The molecule has 144 valence electrons. The molecule has 0 atom stereocenters. The molecule has 0 fully saturated rings. The molecular formula is C19H23N3O5. The Hall–Kier alpha value is -3.29. The highest BCUT2D eigenvalue weighted by Gasteiger charge is 2.09. The van der Waals surface area contributed by atoms with Crippen molar-refractivity contribution < 1.29 is 23.5 Å². The van der Waals surface area contributed by atoms with Gasteiger partial charge < -0.3 is 19.2 Å². The van der Waals surface area contributed by atoms with Crippen molar-refractivity contribution in [2.45, 2.75) is 19.8 Å². The molecule has 0 saturated carbocycles. The average Bonchev–Trinajstić information content (AvgIpc) is 3.20. The maximum Gasteiger partial charge on any atom is 0.307 e. The van der Waals surface area contributed by atoms with Crippen molar-refractivity contribution in [3.63, 3.8) is 0 Å². The lowest BCUT2D eigenvalue weighted by atomic mass is 10.1. The number of hydrogen-bond acceptors (Lipinski definition) is 6. The van der Waals surface area contributed by atoms with Gasteiger partial charge in [-0.15, -0.1) is 0 Å². The van der Waals surface area contributed by atoms with Crippen LogP contribution in [-0.2, 0) is 11.2 Å². The van der Waals surface area contributed by atoms with Crippen LogP contribution in [0.3, 0.4) is 0 Å². The second-order valence-electron chi connectivity index (χ2n) is 5.73. The van der Waals surface area contributed by atoms with Crippen molar-refractivity contribution in [1.82, 2.24) is 10.7 Å². The minimum Gasteiger partial charge on any atom is -0.493 e. The third-order valence-electron chi connectivity index (χ3n) is 3.69. The van der Waals surface area contributed by atoms with Crippen molar-refractivity contribution in [1.29, 1.82) is 0 Å². The van der Waals surface area contributed by atoms with E-state index in [9.17, 15) is 9.59 Å². The number of ether oxygens (including phenoxy) is 2. The summed E-state index contributed by atoms with van der Waals surface area (Å²) in [5.74, 6) is 0.827. The molecule has 8 heteroatoms. The lowest BCUT2D eigenvalue weighted by Crippen LogP contribution is -2.28. The van der Waals surface area contributed by atoms with E-state index in [-0.39, 0.29) is 18.1 Å². The number of nitrogens with one attached hydrogen (secondary N) is 2. The maximum absolute atomic E-state index is 12.0. The van der Waals surface area contributed by atoms with E-state index in [1.165, 1.54) is 12.3 Å². The standard InChI is InChI=1S/C19H23N3O5/c1-13(21-22-19(24)16-5-4-10-27-16)11-18(23)20-9-8-14-6-7-15(25-2)17(12-14)26-3/h4-7,10,12H,8-9,11H2,1-3H3,(H,20,23)(H,22,24). The quantitative estimate of drug-likeness (QED) is 0.518. The largest absolute Gasteiger partial charge is 0.493 e. The van der Waals surface area contributed by atoms with Crippen molar-refractivity contribution >= 4 is 17.5 Å². The Morgan fingerprint density at radius 1 is 1.15 bits per heavy atom. The lowest BCUT2D eigenvalue weighted by molar-refractivity contribution is -0.119. The summed E-state index contributed by atoms with van der Waals surface area (Å²) in [6.45, 7) is 2.14. The van der Waals surface area contributed by atoms with Gasteiger partial charge in [-0.2, -0.15) is 5.10 Å². The summed E-state index contributed by atoms with van der Waals surface area (Å²) in [6.07, 6.45) is 2.14. The highest BCUT2D eigenvalue weighted by molar-refractivity contribution is 6.00. The van der Waals surface area contributed by atoms with Crippen LogP contribution in [0.25, 0.3) is 0 Å². The Labute approximate surface area is 157 Å². The van der Waals surface area contributed by atoms with E-state index in [0.717, 1.165) is 5.56 Å². The number of nitrogens with zero attached hydrogens (tertiary/aromatic N) is 1. The highest BCUT2D eigenvalue weighted by atomic mass is 16.5. The van der Waals surface area contributed by atoms with Gasteiger partial charge in [0.1, 0.15) is 0 Å².